The van der Waals surface area contributed by atoms with E-state index in [9.17, 15) is 4.79 Å². The van der Waals surface area contributed by atoms with Crippen molar-refractivity contribution < 1.29 is 4.52 Å². The first-order chi connectivity index (χ1) is 7.61. The van der Waals surface area contributed by atoms with Crippen molar-refractivity contribution in [1.82, 2.24) is 14.7 Å². The fourth-order valence-electron chi connectivity index (χ4n) is 1.32. The summed E-state index contributed by atoms with van der Waals surface area (Å²) in [7, 11) is 1.69. The maximum absolute atomic E-state index is 11.7. The van der Waals surface area contributed by atoms with E-state index < -0.39 is 0 Å². The topological polar surface area (TPSA) is 60.9 Å². The van der Waals surface area contributed by atoms with Crippen LogP contribution in [0.2, 0.25) is 0 Å². The van der Waals surface area contributed by atoms with Crippen molar-refractivity contribution in [2.24, 2.45) is 7.05 Å². The van der Waals surface area contributed by atoms with Crippen molar-refractivity contribution in [2.45, 2.75) is 12.1 Å². The Balaban J connectivity index is 2.59. The molecule has 0 atom stereocenters. The highest BCUT2D eigenvalue weighted by atomic mass is 32.2. The summed E-state index contributed by atoms with van der Waals surface area (Å²) < 4.78 is 6.46. The second-order valence-corrected chi connectivity index (χ2v) is 4.12. The molecule has 0 aromatic carbocycles. The Morgan fingerprint density at radius 2 is 2.12 bits per heavy atom. The minimum Gasteiger partial charge on any atom is -0.361 e. The average Bonchev–Trinajstić information content (AvgIpc) is 2.69. The van der Waals surface area contributed by atoms with Gasteiger partial charge in [-0.3, -0.25) is 9.36 Å². The fourth-order valence-corrected chi connectivity index (χ4v) is 1.87. The van der Waals surface area contributed by atoms with Crippen molar-refractivity contribution in [3.63, 3.8) is 0 Å². The number of aromatic nitrogens is 3. The second kappa shape index (κ2) is 4.13. The standard InChI is InChI=1S/C10H11N3O2S/c1-6-4-8(12-15-6)7-5-9(14)13(2)10(11-7)16-3/h4-5H,1-3H3. The van der Waals surface area contributed by atoms with Gasteiger partial charge >= 0.3 is 0 Å². The predicted molar refractivity (Wildman–Crippen MR) is 61.5 cm³/mol. The molecule has 2 rings (SSSR count). The zero-order chi connectivity index (χ0) is 11.7. The lowest BCUT2D eigenvalue weighted by Crippen LogP contribution is -2.19. The molecule has 2 aromatic rings. The van der Waals surface area contributed by atoms with Crippen molar-refractivity contribution in [2.75, 3.05) is 6.26 Å². The lowest BCUT2D eigenvalue weighted by Gasteiger charge is -2.04. The van der Waals surface area contributed by atoms with E-state index in [2.05, 4.69) is 10.1 Å². The summed E-state index contributed by atoms with van der Waals surface area (Å²) in [4.78, 5) is 16.0. The van der Waals surface area contributed by atoms with Crippen LogP contribution in [0.3, 0.4) is 0 Å². The van der Waals surface area contributed by atoms with E-state index in [1.807, 2.05) is 6.26 Å². The van der Waals surface area contributed by atoms with Gasteiger partial charge in [-0.25, -0.2) is 4.98 Å². The third-order valence-corrected chi connectivity index (χ3v) is 2.90. The highest BCUT2D eigenvalue weighted by Gasteiger charge is 2.09. The van der Waals surface area contributed by atoms with Crippen molar-refractivity contribution >= 4 is 11.8 Å². The smallest absolute Gasteiger partial charge is 0.254 e. The third kappa shape index (κ3) is 1.88. The van der Waals surface area contributed by atoms with Gasteiger partial charge in [-0.1, -0.05) is 16.9 Å². The van der Waals surface area contributed by atoms with Crippen LogP contribution in [-0.2, 0) is 7.05 Å². The lowest BCUT2D eigenvalue weighted by molar-refractivity contribution is 0.399. The average molecular weight is 237 g/mol. The van der Waals surface area contributed by atoms with Crippen LogP contribution in [0.1, 0.15) is 5.76 Å². The quantitative estimate of drug-likeness (QED) is 0.584. The van der Waals surface area contributed by atoms with Gasteiger partial charge in [0, 0.05) is 19.2 Å². The van der Waals surface area contributed by atoms with Crippen LogP contribution in [-0.4, -0.2) is 21.0 Å². The zero-order valence-corrected chi connectivity index (χ0v) is 10.0. The Morgan fingerprint density at radius 1 is 1.38 bits per heavy atom. The number of nitrogens with zero attached hydrogens (tertiary/aromatic N) is 3. The van der Waals surface area contributed by atoms with Crippen LogP contribution in [0.15, 0.2) is 26.6 Å². The van der Waals surface area contributed by atoms with Gasteiger partial charge < -0.3 is 4.52 Å². The van der Waals surface area contributed by atoms with Crippen molar-refractivity contribution in [3.8, 4) is 11.4 Å². The van der Waals surface area contributed by atoms with E-state index in [0.29, 0.717) is 22.3 Å². The first-order valence-electron chi connectivity index (χ1n) is 4.67. The molecule has 6 heteroatoms. The number of rotatable bonds is 2. The number of hydrogen-bond donors (Lipinski definition) is 0. The van der Waals surface area contributed by atoms with Gasteiger partial charge in [-0.15, -0.1) is 0 Å². The molecule has 0 aliphatic rings. The Bertz CT molecular complexity index is 574. The normalized spacial score (nSPS) is 10.7. The molecule has 0 saturated heterocycles. The summed E-state index contributed by atoms with van der Waals surface area (Å²) in [6.07, 6.45) is 1.87. The molecule has 2 heterocycles. The van der Waals surface area contributed by atoms with Gasteiger partial charge in [-0.05, 0) is 13.2 Å². The van der Waals surface area contributed by atoms with Gasteiger partial charge in [0.25, 0.3) is 5.56 Å². The van der Waals surface area contributed by atoms with E-state index in [-0.39, 0.29) is 5.56 Å². The van der Waals surface area contributed by atoms with Crippen LogP contribution in [0.5, 0.6) is 0 Å². The molecule has 2 aromatic heterocycles. The summed E-state index contributed by atoms with van der Waals surface area (Å²) in [6.45, 7) is 1.80. The Hall–Kier alpha value is -1.56. The monoisotopic (exact) mass is 237 g/mol. The lowest BCUT2D eigenvalue weighted by atomic mass is 10.3. The molecule has 0 bridgehead atoms. The van der Waals surface area contributed by atoms with Gasteiger partial charge in [-0.2, -0.15) is 0 Å². The van der Waals surface area contributed by atoms with Gasteiger partial charge in [0.1, 0.15) is 17.1 Å². The van der Waals surface area contributed by atoms with Crippen LogP contribution in [0.4, 0.5) is 0 Å². The van der Waals surface area contributed by atoms with Crippen LogP contribution in [0.25, 0.3) is 11.4 Å². The SMILES string of the molecule is CSc1nc(-c2cc(C)on2)cc(=O)n1C. The second-order valence-electron chi connectivity index (χ2n) is 3.35. The number of hydrogen-bond acceptors (Lipinski definition) is 5. The number of thioether (sulfide) groups is 1. The molecule has 0 unspecified atom stereocenters. The minimum atomic E-state index is -0.102. The third-order valence-electron chi connectivity index (χ3n) is 2.17. The predicted octanol–water partition coefficient (Wildman–Crippen LogP) is 1.47. The highest BCUT2D eigenvalue weighted by Crippen LogP contribution is 2.17. The number of aryl methyl sites for hydroxylation is 1. The molecule has 0 saturated carbocycles. The summed E-state index contributed by atoms with van der Waals surface area (Å²) in [5, 5.41) is 4.49. The summed E-state index contributed by atoms with van der Waals surface area (Å²) in [5.74, 6) is 0.697. The Kier molecular flexibility index (Phi) is 2.82. The molecule has 16 heavy (non-hydrogen) atoms. The molecule has 0 fully saturated rings. The van der Waals surface area contributed by atoms with Crippen LogP contribution >= 0.6 is 11.8 Å². The molecular formula is C10H11N3O2S. The largest absolute Gasteiger partial charge is 0.361 e. The van der Waals surface area contributed by atoms with Crippen LogP contribution in [0, 0.1) is 6.92 Å². The van der Waals surface area contributed by atoms with E-state index in [1.54, 1.807) is 20.0 Å². The molecule has 84 valence electrons. The van der Waals surface area contributed by atoms with E-state index >= 15 is 0 Å². The van der Waals surface area contributed by atoms with E-state index in [1.165, 1.54) is 22.4 Å². The summed E-state index contributed by atoms with van der Waals surface area (Å²) >= 11 is 1.42. The molecule has 0 spiro atoms. The van der Waals surface area contributed by atoms with Crippen molar-refractivity contribution in [1.29, 1.82) is 0 Å². The molecular weight excluding hydrogens is 226 g/mol. The van der Waals surface area contributed by atoms with Crippen LogP contribution < -0.4 is 5.56 Å². The maximum atomic E-state index is 11.7. The molecule has 0 aliphatic heterocycles. The molecule has 5 nitrogen and oxygen atoms in total. The maximum Gasteiger partial charge on any atom is 0.254 e. The highest BCUT2D eigenvalue weighted by molar-refractivity contribution is 7.98. The van der Waals surface area contributed by atoms with Crippen molar-refractivity contribution in [3.05, 3.63) is 28.2 Å². The first-order valence-corrected chi connectivity index (χ1v) is 5.90. The van der Waals surface area contributed by atoms with Gasteiger partial charge in [0.2, 0.25) is 0 Å². The summed E-state index contributed by atoms with van der Waals surface area (Å²) in [6, 6.07) is 3.21. The van der Waals surface area contributed by atoms with E-state index in [4.69, 9.17) is 4.52 Å². The Morgan fingerprint density at radius 3 is 2.69 bits per heavy atom. The molecule has 0 amide bonds. The van der Waals surface area contributed by atoms with E-state index in [0.717, 1.165) is 0 Å². The Labute approximate surface area is 96.5 Å². The minimum absolute atomic E-state index is 0.102. The molecule has 0 radical (unpaired) electrons. The van der Waals surface area contributed by atoms with Gasteiger partial charge in [0.05, 0.1) is 0 Å². The summed E-state index contributed by atoms with van der Waals surface area (Å²) in [5.41, 5.74) is 1.03. The molecule has 0 N–H and O–H groups in total. The first kappa shape index (κ1) is 10.9. The van der Waals surface area contributed by atoms with Gasteiger partial charge in [0.15, 0.2) is 5.16 Å². The fraction of sp³-hybridized carbons (Fsp3) is 0.300. The molecule has 0 aliphatic carbocycles. The zero-order valence-electron chi connectivity index (χ0n) is 9.22.